The summed E-state index contributed by atoms with van der Waals surface area (Å²) >= 11 is 0. The number of ether oxygens (including phenoxy) is 4. The molecule has 0 unspecified atom stereocenters. The molecule has 1 aromatic rings. The van der Waals surface area contributed by atoms with Crippen LogP contribution in [0.15, 0.2) is 30.3 Å². The predicted octanol–water partition coefficient (Wildman–Crippen LogP) is 1.59. The Labute approximate surface area is 191 Å². The van der Waals surface area contributed by atoms with Crippen LogP contribution >= 0.6 is 0 Å². The maximum atomic E-state index is 12.5. The van der Waals surface area contributed by atoms with Gasteiger partial charge in [0, 0.05) is 33.3 Å². The van der Waals surface area contributed by atoms with Crippen molar-refractivity contribution >= 4 is 29.9 Å². The highest BCUT2D eigenvalue weighted by molar-refractivity contribution is 5.93. The third-order valence-electron chi connectivity index (χ3n) is 4.57. The zero-order valence-electron chi connectivity index (χ0n) is 18.9. The van der Waals surface area contributed by atoms with E-state index in [0.717, 1.165) is 32.6 Å². The summed E-state index contributed by atoms with van der Waals surface area (Å²) in [6, 6.07) is 7.60. The summed E-state index contributed by atoms with van der Waals surface area (Å²) < 4.78 is 21.2. The van der Waals surface area contributed by atoms with Crippen molar-refractivity contribution in [2.24, 2.45) is 0 Å². The smallest absolute Gasteiger partial charge is 0.418 e. The average Bonchev–Trinajstić information content (AvgIpc) is 3.05. The number of imide groups is 1. The second-order valence-electron chi connectivity index (χ2n) is 7.28. The van der Waals surface area contributed by atoms with E-state index in [1.807, 2.05) is 0 Å². The highest BCUT2D eigenvalue weighted by Crippen LogP contribution is 2.28. The molecule has 1 fully saturated rings. The first kappa shape index (κ1) is 25.4. The van der Waals surface area contributed by atoms with Crippen LogP contribution in [0.1, 0.15) is 40.2 Å². The molecular weight excluding hydrogens is 434 g/mol. The quantitative estimate of drug-likeness (QED) is 0.354. The van der Waals surface area contributed by atoms with Gasteiger partial charge in [0.2, 0.25) is 5.91 Å². The van der Waals surface area contributed by atoms with Crippen molar-refractivity contribution in [2.45, 2.75) is 65.1 Å². The molecule has 33 heavy (non-hydrogen) atoms. The van der Waals surface area contributed by atoms with Crippen molar-refractivity contribution in [3.8, 4) is 11.8 Å². The lowest BCUT2D eigenvalue weighted by molar-refractivity contribution is -0.189. The molecule has 0 spiro atoms. The molecule has 0 N–H and O–H groups in total. The molecular formula is C23H25NO9. The predicted molar refractivity (Wildman–Crippen MR) is 112 cm³/mol. The average molecular weight is 459 g/mol. The van der Waals surface area contributed by atoms with Gasteiger partial charge in [-0.05, 0) is 19.1 Å². The molecule has 10 heteroatoms. The molecule has 2 rings (SSSR count). The monoisotopic (exact) mass is 459 g/mol. The van der Waals surface area contributed by atoms with Gasteiger partial charge in [0.15, 0.2) is 18.3 Å². The van der Waals surface area contributed by atoms with Crippen molar-refractivity contribution < 1.29 is 42.9 Å². The Morgan fingerprint density at radius 3 is 2.03 bits per heavy atom. The summed E-state index contributed by atoms with van der Waals surface area (Å²) in [4.78, 5) is 60.7. The molecule has 1 aliphatic rings. The van der Waals surface area contributed by atoms with Crippen LogP contribution in [0.4, 0.5) is 4.79 Å². The van der Waals surface area contributed by atoms with Crippen LogP contribution in [-0.2, 0) is 38.1 Å². The molecule has 5 atom stereocenters. The Kier molecular flexibility index (Phi) is 8.56. The number of nitrogens with zero attached hydrogens (tertiary/aromatic N) is 1. The van der Waals surface area contributed by atoms with Crippen LogP contribution in [0.25, 0.3) is 0 Å². The number of carbonyl (C=O) groups is 5. The number of benzene rings is 1. The Balaban J connectivity index is 2.55. The fraction of sp³-hybridized carbons (Fsp3) is 0.435. The topological polar surface area (TPSA) is 126 Å². The number of amides is 2. The molecule has 0 saturated carbocycles. The molecule has 0 aromatic heterocycles. The molecule has 1 aliphatic heterocycles. The third kappa shape index (κ3) is 6.80. The van der Waals surface area contributed by atoms with E-state index in [9.17, 15) is 24.0 Å². The largest absolute Gasteiger partial charge is 0.459 e. The molecule has 176 valence electrons. The number of rotatable bonds is 6. The zero-order valence-corrected chi connectivity index (χ0v) is 18.9. The highest BCUT2D eigenvalue weighted by atomic mass is 16.6. The first-order valence-electron chi connectivity index (χ1n) is 10.1. The Morgan fingerprint density at radius 2 is 1.52 bits per heavy atom. The van der Waals surface area contributed by atoms with Crippen LogP contribution in [0.2, 0.25) is 0 Å². The van der Waals surface area contributed by atoms with Crippen molar-refractivity contribution in [3.63, 3.8) is 0 Å². The lowest BCUT2D eigenvalue weighted by Gasteiger charge is -2.33. The number of hydrogen-bond donors (Lipinski definition) is 0. The Hall–Kier alpha value is -3.87. The number of carbonyl (C=O) groups excluding carboxylic acids is 5. The Bertz CT molecular complexity index is 979. The van der Waals surface area contributed by atoms with E-state index in [2.05, 4.69) is 11.8 Å². The maximum absolute atomic E-state index is 12.5. The fourth-order valence-corrected chi connectivity index (χ4v) is 3.36. The van der Waals surface area contributed by atoms with Crippen molar-refractivity contribution in [1.82, 2.24) is 4.90 Å². The van der Waals surface area contributed by atoms with E-state index in [-0.39, 0.29) is 0 Å². The van der Waals surface area contributed by atoms with Gasteiger partial charge in [-0.3, -0.25) is 19.2 Å². The van der Waals surface area contributed by atoms with Crippen molar-refractivity contribution in [3.05, 3.63) is 35.9 Å². The maximum Gasteiger partial charge on any atom is 0.418 e. The molecule has 0 aliphatic carbocycles. The normalized spacial score (nSPS) is 19.8. The van der Waals surface area contributed by atoms with Gasteiger partial charge in [0.05, 0.1) is 0 Å². The third-order valence-corrected chi connectivity index (χ3v) is 4.57. The van der Waals surface area contributed by atoms with Gasteiger partial charge >= 0.3 is 24.0 Å². The summed E-state index contributed by atoms with van der Waals surface area (Å²) in [6.07, 6.45) is -6.18. The number of cyclic esters (lactones) is 1. The summed E-state index contributed by atoms with van der Waals surface area (Å²) in [5.41, 5.74) is 0.605. The van der Waals surface area contributed by atoms with Gasteiger partial charge in [-0.25, -0.2) is 9.69 Å². The van der Waals surface area contributed by atoms with Crippen LogP contribution in [-0.4, -0.2) is 65.3 Å². The van der Waals surface area contributed by atoms with E-state index in [0.29, 0.717) is 5.56 Å². The summed E-state index contributed by atoms with van der Waals surface area (Å²) in [5.74, 6) is 2.83. The minimum atomic E-state index is -1.43. The van der Waals surface area contributed by atoms with Gasteiger partial charge in [0.25, 0.3) is 0 Å². The van der Waals surface area contributed by atoms with E-state index < -0.39 is 60.4 Å². The summed E-state index contributed by atoms with van der Waals surface area (Å²) in [7, 11) is 0. The number of esters is 3. The molecule has 1 saturated heterocycles. The molecule has 2 amide bonds. The van der Waals surface area contributed by atoms with Crippen LogP contribution in [0, 0.1) is 11.8 Å². The van der Waals surface area contributed by atoms with Crippen LogP contribution < -0.4 is 0 Å². The van der Waals surface area contributed by atoms with Crippen LogP contribution in [0.5, 0.6) is 0 Å². The van der Waals surface area contributed by atoms with Gasteiger partial charge in [-0.1, -0.05) is 30.0 Å². The molecule has 0 radical (unpaired) electrons. The summed E-state index contributed by atoms with van der Waals surface area (Å²) in [5, 5.41) is 0. The van der Waals surface area contributed by atoms with Gasteiger partial charge in [-0.2, -0.15) is 0 Å². The zero-order chi connectivity index (χ0) is 24.7. The standard InChI is InChI=1S/C23H25NO9/c1-13(30-15(3)26)20(31-16(4)27)22(32-17(5)28)21-19(24(14(2)25)23(29)33-21)12-11-18-9-7-6-8-10-18/h6-10,13,19-22H,1-5H3/t13-,19+,20+,21+,22+/m0/s1. The SMILES string of the molecule is CC(=O)O[C@H]([C@H](OC(C)=O)[C@H](C)OC(C)=O)[C@@H]1OC(=O)N(C(C)=O)[C@@H]1C#Cc1ccccc1. The second-order valence-corrected chi connectivity index (χ2v) is 7.28. The second kappa shape index (κ2) is 11.1. The molecule has 10 nitrogen and oxygen atoms in total. The lowest BCUT2D eigenvalue weighted by Crippen LogP contribution is -2.53. The Morgan fingerprint density at radius 1 is 0.939 bits per heavy atom. The summed E-state index contributed by atoms with van der Waals surface area (Å²) in [6.45, 7) is 5.97. The number of hydrogen-bond acceptors (Lipinski definition) is 9. The van der Waals surface area contributed by atoms with Gasteiger partial charge < -0.3 is 18.9 Å². The highest BCUT2D eigenvalue weighted by Gasteiger charge is 2.53. The molecule has 1 heterocycles. The molecule has 0 bridgehead atoms. The van der Waals surface area contributed by atoms with Crippen molar-refractivity contribution in [1.29, 1.82) is 0 Å². The van der Waals surface area contributed by atoms with Crippen molar-refractivity contribution in [2.75, 3.05) is 0 Å². The van der Waals surface area contributed by atoms with Crippen LogP contribution in [0.3, 0.4) is 0 Å². The van der Waals surface area contributed by atoms with E-state index in [1.165, 1.54) is 6.92 Å². The van der Waals surface area contributed by atoms with E-state index >= 15 is 0 Å². The minimum absolute atomic E-state index is 0.605. The van der Waals surface area contributed by atoms with Gasteiger partial charge in [-0.15, -0.1) is 0 Å². The molecule has 1 aromatic carbocycles. The van der Waals surface area contributed by atoms with Gasteiger partial charge in [0.1, 0.15) is 12.1 Å². The lowest BCUT2D eigenvalue weighted by atomic mass is 9.97. The van der Waals surface area contributed by atoms with E-state index in [4.69, 9.17) is 18.9 Å². The minimum Gasteiger partial charge on any atom is -0.459 e. The van der Waals surface area contributed by atoms with E-state index in [1.54, 1.807) is 30.3 Å². The first-order chi connectivity index (χ1) is 15.5. The fourth-order valence-electron chi connectivity index (χ4n) is 3.36. The first-order valence-corrected chi connectivity index (χ1v) is 10.1.